The number of methoxy groups -OCH3 is 1. The number of ether oxygens (including phenoxy) is 1. The molecule has 2 aliphatic rings. The van der Waals surface area contributed by atoms with E-state index in [1.807, 2.05) is 48.5 Å². The van der Waals surface area contributed by atoms with Crippen LogP contribution in [0.5, 0.6) is 5.75 Å². The van der Waals surface area contributed by atoms with Crippen LogP contribution in [-0.4, -0.2) is 18.8 Å². The Kier molecular flexibility index (Phi) is 5.23. The van der Waals surface area contributed by atoms with Crippen molar-refractivity contribution in [2.24, 2.45) is 0 Å². The van der Waals surface area contributed by atoms with Crippen molar-refractivity contribution < 1.29 is 14.3 Å². The zero-order chi connectivity index (χ0) is 22.5. The first-order valence-corrected chi connectivity index (χ1v) is 11.2. The van der Waals surface area contributed by atoms with Gasteiger partial charge in [-0.1, -0.05) is 53.5 Å². The molecule has 3 aromatic rings. The molecule has 5 rings (SSSR count). The largest absolute Gasteiger partial charge is 0.497 e. The molecule has 4 nitrogen and oxygen atoms in total. The van der Waals surface area contributed by atoms with Gasteiger partial charge in [0.2, 0.25) is 5.91 Å². The maximum atomic E-state index is 13.9. The predicted octanol–water partition coefficient (Wildman–Crippen LogP) is 6.12. The lowest BCUT2D eigenvalue weighted by Crippen LogP contribution is -2.50. The molecule has 3 atom stereocenters. The molecule has 0 radical (unpaired) electrons. The van der Waals surface area contributed by atoms with Gasteiger partial charge in [-0.05, 0) is 53.1 Å². The molecule has 6 heteroatoms. The molecule has 1 spiro atoms. The van der Waals surface area contributed by atoms with Crippen molar-refractivity contribution in [2.75, 3.05) is 12.4 Å². The first-order chi connectivity index (χ1) is 15.4. The zero-order valence-corrected chi connectivity index (χ0v) is 18.9. The number of rotatable bonds is 3. The van der Waals surface area contributed by atoms with Gasteiger partial charge in [0.15, 0.2) is 0 Å². The fourth-order valence-electron chi connectivity index (χ4n) is 5.47. The summed E-state index contributed by atoms with van der Waals surface area (Å²) in [5.74, 6) is -0.0697. The van der Waals surface area contributed by atoms with Gasteiger partial charge < -0.3 is 10.1 Å². The Hall–Kier alpha value is -2.82. The second-order valence-electron chi connectivity index (χ2n) is 8.40. The fourth-order valence-corrected chi connectivity index (χ4v) is 5.84. The highest BCUT2D eigenvalue weighted by Gasteiger charge is 2.60. The second-order valence-corrected chi connectivity index (χ2v) is 9.27. The topological polar surface area (TPSA) is 55.4 Å². The number of hydrogen-bond acceptors (Lipinski definition) is 3. The van der Waals surface area contributed by atoms with Crippen LogP contribution in [0, 0.1) is 0 Å². The van der Waals surface area contributed by atoms with E-state index in [9.17, 15) is 9.59 Å². The number of benzene rings is 3. The lowest BCUT2D eigenvalue weighted by Gasteiger charge is -2.46. The Labute approximate surface area is 196 Å². The Morgan fingerprint density at radius 1 is 0.875 bits per heavy atom. The number of nitrogens with one attached hydrogen (secondary N) is 1. The van der Waals surface area contributed by atoms with Crippen molar-refractivity contribution in [1.29, 1.82) is 0 Å². The lowest BCUT2D eigenvalue weighted by molar-refractivity contribution is -0.128. The average molecular weight is 466 g/mol. The van der Waals surface area contributed by atoms with Gasteiger partial charge in [0.25, 0.3) is 0 Å². The molecule has 0 bridgehead atoms. The molecule has 32 heavy (non-hydrogen) atoms. The van der Waals surface area contributed by atoms with Gasteiger partial charge in [-0.15, -0.1) is 0 Å². The van der Waals surface area contributed by atoms with Gasteiger partial charge in [-0.3, -0.25) is 9.59 Å². The van der Waals surface area contributed by atoms with Gasteiger partial charge >= 0.3 is 0 Å². The Bertz CT molecular complexity index is 1240. The summed E-state index contributed by atoms with van der Waals surface area (Å²) >= 11 is 12.6. The number of halogens is 2. The fraction of sp³-hybridized carbons (Fsp3) is 0.231. The number of fused-ring (bicyclic) bond motifs is 2. The molecule has 1 heterocycles. The van der Waals surface area contributed by atoms with Crippen LogP contribution in [0.2, 0.25) is 10.0 Å². The average Bonchev–Trinajstić information content (AvgIpc) is 3.06. The molecule has 162 valence electrons. The van der Waals surface area contributed by atoms with Gasteiger partial charge in [-0.2, -0.15) is 0 Å². The van der Waals surface area contributed by atoms with Crippen LogP contribution in [0.3, 0.4) is 0 Å². The SMILES string of the molecule is COc1cccc(C2CC(=O)CC(c3cccc(Cl)c3)C23C(=O)Nc2cc(Cl)ccc23)c1. The standard InChI is InChI=1S/C26H21Cl2NO3/c1-32-20-7-3-5-16(11-20)23-14-19(30)13-22(15-4-2-6-17(27)10-15)26(23)21-9-8-18(28)12-24(21)29-25(26)31/h2-12,22-23H,13-14H2,1H3,(H,29,31). The summed E-state index contributed by atoms with van der Waals surface area (Å²) in [6.07, 6.45) is 0.524. The number of amides is 1. The van der Waals surface area contributed by atoms with E-state index in [-0.39, 0.29) is 36.4 Å². The van der Waals surface area contributed by atoms with E-state index in [4.69, 9.17) is 27.9 Å². The molecule has 1 amide bonds. The number of carbonyl (C=O) groups is 2. The predicted molar refractivity (Wildman–Crippen MR) is 126 cm³/mol. The summed E-state index contributed by atoms with van der Waals surface area (Å²) in [5.41, 5.74) is 2.33. The summed E-state index contributed by atoms with van der Waals surface area (Å²) in [4.78, 5) is 27.0. The highest BCUT2D eigenvalue weighted by molar-refractivity contribution is 6.31. The van der Waals surface area contributed by atoms with Gasteiger partial charge in [0.1, 0.15) is 11.5 Å². The Morgan fingerprint density at radius 2 is 1.53 bits per heavy atom. The molecule has 1 fully saturated rings. The van der Waals surface area contributed by atoms with Gasteiger partial charge in [0.05, 0.1) is 12.5 Å². The van der Waals surface area contributed by atoms with Crippen molar-refractivity contribution in [2.45, 2.75) is 30.1 Å². The zero-order valence-electron chi connectivity index (χ0n) is 17.4. The minimum absolute atomic E-state index is 0.114. The summed E-state index contributed by atoms with van der Waals surface area (Å²) < 4.78 is 5.44. The molecule has 1 saturated carbocycles. The van der Waals surface area contributed by atoms with Crippen LogP contribution in [0.25, 0.3) is 0 Å². The maximum absolute atomic E-state index is 13.9. The van der Waals surface area contributed by atoms with Gasteiger partial charge in [0, 0.05) is 40.4 Å². The molecular weight excluding hydrogens is 445 g/mol. The maximum Gasteiger partial charge on any atom is 0.236 e. The molecule has 1 N–H and O–H groups in total. The van der Waals surface area contributed by atoms with E-state index in [2.05, 4.69) is 5.32 Å². The highest BCUT2D eigenvalue weighted by Crippen LogP contribution is 2.60. The third kappa shape index (κ3) is 3.21. The second kappa shape index (κ2) is 7.95. The van der Waals surface area contributed by atoms with Crippen LogP contribution in [-0.2, 0) is 15.0 Å². The molecule has 3 aromatic carbocycles. The van der Waals surface area contributed by atoms with Crippen LogP contribution in [0.15, 0.2) is 66.7 Å². The third-order valence-electron chi connectivity index (χ3n) is 6.76. The normalized spacial score (nSPS) is 24.3. The smallest absolute Gasteiger partial charge is 0.236 e. The first-order valence-electron chi connectivity index (χ1n) is 10.5. The molecule has 3 unspecified atom stereocenters. The van der Waals surface area contributed by atoms with Crippen LogP contribution < -0.4 is 10.1 Å². The lowest BCUT2D eigenvalue weighted by atomic mass is 9.54. The van der Waals surface area contributed by atoms with E-state index < -0.39 is 5.41 Å². The monoisotopic (exact) mass is 465 g/mol. The van der Waals surface area contributed by atoms with Crippen molar-refractivity contribution in [3.63, 3.8) is 0 Å². The number of Topliss-reactive ketones (excluding diaryl/α,β-unsaturated/α-hetero) is 1. The number of anilines is 1. The van der Waals surface area contributed by atoms with Crippen molar-refractivity contribution in [1.82, 2.24) is 0 Å². The van der Waals surface area contributed by atoms with Crippen molar-refractivity contribution >= 4 is 40.6 Å². The molecule has 1 aliphatic carbocycles. The molecule has 1 aliphatic heterocycles. The number of carbonyl (C=O) groups excluding carboxylic acids is 2. The third-order valence-corrected chi connectivity index (χ3v) is 7.23. The van der Waals surface area contributed by atoms with E-state index >= 15 is 0 Å². The van der Waals surface area contributed by atoms with E-state index in [1.54, 1.807) is 25.3 Å². The molecule has 0 saturated heterocycles. The molecular formula is C26H21Cl2NO3. The summed E-state index contributed by atoms with van der Waals surface area (Å²) in [7, 11) is 1.61. The van der Waals surface area contributed by atoms with E-state index in [1.165, 1.54) is 0 Å². The van der Waals surface area contributed by atoms with Gasteiger partial charge in [-0.25, -0.2) is 0 Å². The summed E-state index contributed by atoms with van der Waals surface area (Å²) in [5, 5.41) is 4.18. The van der Waals surface area contributed by atoms with Crippen LogP contribution >= 0.6 is 23.2 Å². The molecule has 0 aromatic heterocycles. The van der Waals surface area contributed by atoms with E-state index in [0.29, 0.717) is 21.5 Å². The van der Waals surface area contributed by atoms with Crippen LogP contribution in [0.1, 0.15) is 41.4 Å². The minimum Gasteiger partial charge on any atom is -0.497 e. The number of hydrogen-bond donors (Lipinski definition) is 1. The van der Waals surface area contributed by atoms with Crippen LogP contribution in [0.4, 0.5) is 5.69 Å². The summed E-state index contributed by atoms with van der Waals surface area (Å²) in [6.45, 7) is 0. The number of ketones is 1. The first kappa shape index (κ1) is 21.0. The van der Waals surface area contributed by atoms with E-state index in [0.717, 1.165) is 16.7 Å². The van der Waals surface area contributed by atoms with Crippen molar-refractivity contribution in [3.8, 4) is 5.75 Å². The minimum atomic E-state index is -0.981. The van der Waals surface area contributed by atoms with Crippen molar-refractivity contribution in [3.05, 3.63) is 93.5 Å². The Morgan fingerprint density at radius 3 is 2.22 bits per heavy atom. The Balaban J connectivity index is 1.80. The quantitative estimate of drug-likeness (QED) is 0.506. The summed E-state index contributed by atoms with van der Waals surface area (Å²) in [6, 6.07) is 20.6. The highest BCUT2D eigenvalue weighted by atomic mass is 35.5.